The highest BCUT2D eigenvalue weighted by Gasteiger charge is 2.41. The van der Waals surface area contributed by atoms with Crippen molar-refractivity contribution in [2.24, 2.45) is 29.4 Å². The summed E-state index contributed by atoms with van der Waals surface area (Å²) in [7, 11) is 0. The predicted molar refractivity (Wildman–Crippen MR) is 79.2 cm³/mol. The molecule has 0 aromatic rings. The maximum Gasteiger partial charge on any atom is 0.226 e. The van der Waals surface area contributed by atoms with E-state index in [1.165, 1.54) is 32.1 Å². The molecule has 1 saturated heterocycles. The minimum absolute atomic E-state index is 0. The number of fused-ring (bicyclic) bond motifs is 1. The van der Waals surface area contributed by atoms with E-state index in [9.17, 15) is 4.79 Å². The van der Waals surface area contributed by atoms with Crippen LogP contribution in [0.25, 0.3) is 0 Å². The van der Waals surface area contributed by atoms with E-state index in [4.69, 9.17) is 5.73 Å². The lowest BCUT2D eigenvalue weighted by molar-refractivity contribution is -0.135. The molecule has 0 radical (unpaired) electrons. The number of hydrogen-bond donors (Lipinski definition) is 1. The van der Waals surface area contributed by atoms with Gasteiger partial charge in [0, 0.05) is 19.0 Å². The molecule has 3 aliphatic rings. The van der Waals surface area contributed by atoms with E-state index in [-0.39, 0.29) is 18.3 Å². The lowest BCUT2D eigenvalue weighted by Crippen LogP contribution is -2.37. The fourth-order valence-electron chi connectivity index (χ4n) is 4.46. The second-order valence-corrected chi connectivity index (χ2v) is 6.58. The van der Waals surface area contributed by atoms with Crippen LogP contribution in [0.4, 0.5) is 0 Å². The third kappa shape index (κ3) is 2.92. The number of carbonyl (C=O) groups is 1. The van der Waals surface area contributed by atoms with Crippen molar-refractivity contribution in [3.05, 3.63) is 0 Å². The van der Waals surface area contributed by atoms with Crippen molar-refractivity contribution in [1.29, 1.82) is 0 Å². The number of carbonyl (C=O) groups excluding carboxylic acids is 1. The summed E-state index contributed by atoms with van der Waals surface area (Å²) in [5, 5.41) is 0. The van der Waals surface area contributed by atoms with E-state index >= 15 is 0 Å². The molecule has 4 heteroatoms. The van der Waals surface area contributed by atoms with Gasteiger partial charge in [-0.05, 0) is 50.0 Å². The van der Waals surface area contributed by atoms with Gasteiger partial charge >= 0.3 is 0 Å². The van der Waals surface area contributed by atoms with Gasteiger partial charge < -0.3 is 10.6 Å². The summed E-state index contributed by atoms with van der Waals surface area (Å²) in [6.45, 7) is 2.77. The average Bonchev–Trinajstić information content (AvgIpc) is 3.03. The molecule has 2 aliphatic carbocycles. The van der Waals surface area contributed by atoms with Gasteiger partial charge in [0.05, 0.1) is 0 Å². The van der Waals surface area contributed by atoms with Crippen LogP contribution in [0.15, 0.2) is 0 Å². The number of nitrogens with two attached hydrogens (primary N) is 1. The minimum atomic E-state index is 0. The minimum Gasteiger partial charge on any atom is -0.342 e. The number of amides is 1. The van der Waals surface area contributed by atoms with Crippen molar-refractivity contribution >= 4 is 18.3 Å². The van der Waals surface area contributed by atoms with Gasteiger partial charge in [-0.3, -0.25) is 4.79 Å². The zero-order valence-corrected chi connectivity index (χ0v) is 12.5. The average molecular weight is 287 g/mol. The van der Waals surface area contributed by atoms with Crippen molar-refractivity contribution in [2.45, 2.75) is 44.9 Å². The molecule has 110 valence electrons. The van der Waals surface area contributed by atoms with Crippen LogP contribution in [-0.2, 0) is 4.79 Å². The molecule has 1 amide bonds. The van der Waals surface area contributed by atoms with Gasteiger partial charge in [0.15, 0.2) is 0 Å². The largest absolute Gasteiger partial charge is 0.342 e. The first-order valence-corrected chi connectivity index (χ1v) is 7.78. The molecule has 3 fully saturated rings. The Morgan fingerprint density at radius 1 is 1.00 bits per heavy atom. The molecule has 1 heterocycles. The topological polar surface area (TPSA) is 46.3 Å². The van der Waals surface area contributed by atoms with Crippen molar-refractivity contribution in [3.8, 4) is 0 Å². The normalized spacial score (nSPS) is 37.8. The monoisotopic (exact) mass is 286 g/mol. The third-order valence-electron chi connectivity index (χ3n) is 5.57. The Balaban J connectivity index is 0.00000133. The molecule has 0 aromatic heterocycles. The third-order valence-corrected chi connectivity index (χ3v) is 5.57. The van der Waals surface area contributed by atoms with Crippen LogP contribution < -0.4 is 5.73 Å². The molecule has 0 aromatic carbocycles. The lowest BCUT2D eigenvalue weighted by Gasteiger charge is -2.24. The molecule has 1 aliphatic heterocycles. The first-order valence-electron chi connectivity index (χ1n) is 7.78. The van der Waals surface area contributed by atoms with Crippen molar-refractivity contribution in [1.82, 2.24) is 4.90 Å². The fourth-order valence-corrected chi connectivity index (χ4v) is 4.46. The Hall–Kier alpha value is -0.280. The molecular weight excluding hydrogens is 260 g/mol. The Morgan fingerprint density at radius 3 is 2.21 bits per heavy atom. The quantitative estimate of drug-likeness (QED) is 0.847. The van der Waals surface area contributed by atoms with Crippen LogP contribution in [-0.4, -0.2) is 30.4 Å². The molecular formula is C15H27ClN2O. The van der Waals surface area contributed by atoms with Crippen LogP contribution in [0.3, 0.4) is 0 Å². The zero-order valence-electron chi connectivity index (χ0n) is 11.7. The van der Waals surface area contributed by atoms with Crippen LogP contribution >= 0.6 is 12.4 Å². The molecule has 19 heavy (non-hydrogen) atoms. The van der Waals surface area contributed by atoms with Gasteiger partial charge in [-0.1, -0.05) is 19.3 Å². The number of hydrogen-bond acceptors (Lipinski definition) is 2. The molecule has 3 rings (SSSR count). The second-order valence-electron chi connectivity index (χ2n) is 6.58. The first-order chi connectivity index (χ1) is 8.79. The van der Waals surface area contributed by atoms with E-state index in [1.807, 2.05) is 0 Å². The molecule has 2 unspecified atom stereocenters. The van der Waals surface area contributed by atoms with Gasteiger partial charge in [0.2, 0.25) is 5.91 Å². The maximum absolute atomic E-state index is 12.6. The van der Waals surface area contributed by atoms with Gasteiger partial charge in [0.1, 0.15) is 0 Å². The smallest absolute Gasteiger partial charge is 0.226 e. The van der Waals surface area contributed by atoms with Crippen molar-refractivity contribution < 1.29 is 4.79 Å². The number of halogens is 1. The molecule has 2 saturated carbocycles. The highest BCUT2D eigenvalue weighted by Crippen LogP contribution is 2.39. The molecule has 0 bridgehead atoms. The SMILES string of the molecule is Cl.NC[C@H]1CCC[C@H]1C(=O)N1CC2CCCCC2C1. The lowest BCUT2D eigenvalue weighted by atomic mass is 9.82. The highest BCUT2D eigenvalue weighted by atomic mass is 35.5. The van der Waals surface area contributed by atoms with Crippen molar-refractivity contribution in [3.63, 3.8) is 0 Å². The number of likely N-dealkylation sites (tertiary alicyclic amines) is 1. The summed E-state index contributed by atoms with van der Waals surface area (Å²) < 4.78 is 0. The zero-order chi connectivity index (χ0) is 12.5. The Labute approximate surface area is 122 Å². The number of nitrogens with zero attached hydrogens (tertiary/aromatic N) is 1. The van der Waals surface area contributed by atoms with Crippen LogP contribution in [0, 0.1) is 23.7 Å². The van der Waals surface area contributed by atoms with E-state index in [1.54, 1.807) is 0 Å². The first kappa shape index (κ1) is 15.1. The summed E-state index contributed by atoms with van der Waals surface area (Å²) in [5.41, 5.74) is 5.81. The molecule has 2 N–H and O–H groups in total. The van der Waals surface area contributed by atoms with Crippen LogP contribution in [0.2, 0.25) is 0 Å². The molecule has 0 spiro atoms. The fraction of sp³-hybridized carbons (Fsp3) is 0.933. The number of rotatable bonds is 2. The summed E-state index contributed by atoms with van der Waals surface area (Å²) >= 11 is 0. The summed E-state index contributed by atoms with van der Waals surface area (Å²) in [6.07, 6.45) is 8.87. The predicted octanol–water partition coefficient (Wildman–Crippen LogP) is 2.43. The molecule has 4 atom stereocenters. The highest BCUT2D eigenvalue weighted by molar-refractivity contribution is 5.85. The summed E-state index contributed by atoms with van der Waals surface area (Å²) in [5.74, 6) is 2.74. The van der Waals surface area contributed by atoms with Gasteiger partial charge in [-0.25, -0.2) is 0 Å². The van der Waals surface area contributed by atoms with Crippen LogP contribution in [0.5, 0.6) is 0 Å². The molecule has 3 nitrogen and oxygen atoms in total. The Morgan fingerprint density at radius 2 is 1.63 bits per heavy atom. The summed E-state index contributed by atoms with van der Waals surface area (Å²) in [4.78, 5) is 14.8. The van der Waals surface area contributed by atoms with Gasteiger partial charge in [-0.15, -0.1) is 12.4 Å². The van der Waals surface area contributed by atoms with Crippen molar-refractivity contribution in [2.75, 3.05) is 19.6 Å². The second kappa shape index (κ2) is 6.45. The van der Waals surface area contributed by atoms with E-state index in [0.29, 0.717) is 18.4 Å². The Kier molecular flexibility index (Phi) is 5.13. The van der Waals surface area contributed by atoms with E-state index in [2.05, 4.69) is 4.90 Å². The van der Waals surface area contributed by atoms with Crippen LogP contribution in [0.1, 0.15) is 44.9 Å². The summed E-state index contributed by atoms with van der Waals surface area (Å²) in [6, 6.07) is 0. The standard InChI is InChI=1S/C15H26N2O.ClH/c16-8-11-6-3-7-14(11)15(18)17-9-12-4-1-2-5-13(12)10-17;/h11-14H,1-10,16H2;1H/t11-,12?,13?,14-;/m1./s1. The maximum atomic E-state index is 12.6. The van der Waals surface area contributed by atoms with E-state index in [0.717, 1.165) is 37.8 Å². The Bertz CT molecular complexity index is 309. The van der Waals surface area contributed by atoms with Gasteiger partial charge in [-0.2, -0.15) is 0 Å². The van der Waals surface area contributed by atoms with E-state index < -0.39 is 0 Å². The van der Waals surface area contributed by atoms with Gasteiger partial charge in [0.25, 0.3) is 0 Å².